The van der Waals surface area contributed by atoms with E-state index in [0.29, 0.717) is 5.56 Å². The van der Waals surface area contributed by atoms with Gasteiger partial charge in [-0.2, -0.15) is 0 Å². The first-order valence-electron chi connectivity index (χ1n) is 6.38. The van der Waals surface area contributed by atoms with Crippen LogP contribution in [0.15, 0.2) is 46.7 Å². The molecule has 8 heteroatoms. The Labute approximate surface area is 133 Å². The molecule has 0 unspecified atom stereocenters. The molecule has 0 saturated heterocycles. The second-order valence-corrected chi connectivity index (χ2v) is 7.21. The summed E-state index contributed by atoms with van der Waals surface area (Å²) in [6.45, 7) is 0.243. The third kappa shape index (κ3) is 3.92. The molecule has 1 aromatic carbocycles. The lowest BCUT2D eigenvalue weighted by Crippen LogP contribution is -2.26. The summed E-state index contributed by atoms with van der Waals surface area (Å²) in [5.41, 5.74) is 0.349. The molecule has 0 bridgehead atoms. The molecule has 118 valence electrons. The molecule has 1 amide bonds. The van der Waals surface area contributed by atoms with Crippen LogP contribution in [0.4, 0.5) is 0 Å². The number of benzene rings is 1. The second-order valence-electron chi connectivity index (χ2n) is 4.41. The predicted molar refractivity (Wildman–Crippen MR) is 83.9 cm³/mol. The van der Waals surface area contributed by atoms with Gasteiger partial charge in [-0.3, -0.25) is 9.63 Å². The highest BCUT2D eigenvalue weighted by Gasteiger charge is 2.16. The van der Waals surface area contributed by atoms with Gasteiger partial charge in [-0.05, 0) is 35.7 Å². The van der Waals surface area contributed by atoms with Crippen LogP contribution in [0.1, 0.15) is 15.2 Å². The lowest BCUT2D eigenvalue weighted by Gasteiger charge is -2.13. The first-order chi connectivity index (χ1) is 10.4. The minimum Gasteiger partial charge on any atom is -0.274 e. The molecule has 1 heterocycles. The second kappa shape index (κ2) is 7.01. The van der Waals surface area contributed by atoms with Crippen molar-refractivity contribution in [3.8, 4) is 0 Å². The Bertz CT molecular complexity index is 725. The molecule has 6 nitrogen and oxygen atoms in total. The maximum absolute atomic E-state index is 12.2. The summed E-state index contributed by atoms with van der Waals surface area (Å²) < 4.78 is 26.9. The SMILES string of the molecule is CON(C)C(=O)c1ccc(S(=O)(=O)NCc2cccs2)cc1. The van der Waals surface area contributed by atoms with E-state index in [1.165, 1.54) is 49.8 Å². The van der Waals surface area contributed by atoms with Gasteiger partial charge in [0.2, 0.25) is 10.0 Å². The van der Waals surface area contributed by atoms with Crippen LogP contribution in [0, 0.1) is 0 Å². The fourth-order valence-corrected chi connectivity index (χ4v) is 3.45. The highest BCUT2D eigenvalue weighted by atomic mass is 32.2. The molecule has 2 aromatic rings. The van der Waals surface area contributed by atoms with Crippen molar-refractivity contribution < 1.29 is 18.0 Å². The third-order valence-corrected chi connectivity index (χ3v) is 5.28. The molecule has 0 aliphatic carbocycles. The summed E-state index contributed by atoms with van der Waals surface area (Å²) in [5.74, 6) is -0.349. The van der Waals surface area contributed by atoms with E-state index in [1.807, 2.05) is 17.5 Å². The van der Waals surface area contributed by atoms with E-state index in [-0.39, 0.29) is 17.3 Å². The molecular weight excluding hydrogens is 324 g/mol. The summed E-state index contributed by atoms with van der Waals surface area (Å²) in [6, 6.07) is 9.42. The maximum atomic E-state index is 12.2. The van der Waals surface area contributed by atoms with Crippen LogP contribution < -0.4 is 4.72 Å². The van der Waals surface area contributed by atoms with E-state index in [2.05, 4.69) is 4.72 Å². The first kappa shape index (κ1) is 16.6. The van der Waals surface area contributed by atoms with E-state index in [4.69, 9.17) is 4.84 Å². The predicted octanol–water partition coefficient (Wildman–Crippen LogP) is 1.86. The maximum Gasteiger partial charge on any atom is 0.277 e. The van der Waals surface area contributed by atoms with Gasteiger partial charge in [0.25, 0.3) is 5.91 Å². The van der Waals surface area contributed by atoms with E-state index >= 15 is 0 Å². The number of nitrogens with one attached hydrogen (secondary N) is 1. The van der Waals surface area contributed by atoms with Crippen molar-refractivity contribution in [1.82, 2.24) is 9.79 Å². The van der Waals surface area contributed by atoms with Crippen LogP contribution in [0.25, 0.3) is 0 Å². The molecule has 0 aliphatic heterocycles. The van der Waals surface area contributed by atoms with Crippen molar-refractivity contribution in [3.05, 3.63) is 52.2 Å². The molecule has 1 N–H and O–H groups in total. The van der Waals surface area contributed by atoms with Gasteiger partial charge in [0, 0.05) is 24.0 Å². The zero-order valence-corrected chi connectivity index (χ0v) is 13.8. The minimum atomic E-state index is -3.60. The van der Waals surface area contributed by atoms with Crippen molar-refractivity contribution in [2.24, 2.45) is 0 Å². The Kier molecular flexibility index (Phi) is 5.30. The summed E-state index contributed by atoms with van der Waals surface area (Å²) >= 11 is 1.48. The van der Waals surface area contributed by atoms with Crippen LogP contribution in [0.2, 0.25) is 0 Å². The number of carbonyl (C=O) groups is 1. The van der Waals surface area contributed by atoms with Crippen LogP contribution in [-0.2, 0) is 21.4 Å². The quantitative estimate of drug-likeness (QED) is 0.815. The van der Waals surface area contributed by atoms with Crippen LogP contribution >= 0.6 is 11.3 Å². The van der Waals surface area contributed by atoms with Crippen molar-refractivity contribution in [1.29, 1.82) is 0 Å². The first-order valence-corrected chi connectivity index (χ1v) is 8.74. The van der Waals surface area contributed by atoms with Crippen molar-refractivity contribution in [3.63, 3.8) is 0 Å². The molecule has 0 radical (unpaired) electrons. The normalized spacial score (nSPS) is 11.4. The number of carbonyl (C=O) groups excluding carboxylic acids is 1. The number of amides is 1. The smallest absolute Gasteiger partial charge is 0.274 e. The van der Waals surface area contributed by atoms with Gasteiger partial charge in [-0.15, -0.1) is 11.3 Å². The van der Waals surface area contributed by atoms with Gasteiger partial charge >= 0.3 is 0 Å². The number of nitrogens with zero attached hydrogens (tertiary/aromatic N) is 1. The van der Waals surface area contributed by atoms with Crippen LogP contribution in [-0.4, -0.2) is 33.5 Å². The molecule has 22 heavy (non-hydrogen) atoms. The third-order valence-electron chi connectivity index (χ3n) is 2.99. The Morgan fingerprint density at radius 1 is 1.27 bits per heavy atom. The number of rotatable bonds is 6. The Morgan fingerprint density at radius 2 is 1.95 bits per heavy atom. The number of sulfonamides is 1. The van der Waals surface area contributed by atoms with E-state index in [1.54, 1.807) is 0 Å². The molecule has 2 rings (SSSR count). The largest absolute Gasteiger partial charge is 0.277 e. The van der Waals surface area contributed by atoms with E-state index in [0.717, 1.165) is 9.94 Å². The van der Waals surface area contributed by atoms with Crippen LogP contribution in [0.3, 0.4) is 0 Å². The molecule has 1 aromatic heterocycles. The average Bonchev–Trinajstić information content (AvgIpc) is 3.05. The van der Waals surface area contributed by atoms with Crippen molar-refractivity contribution in [2.45, 2.75) is 11.4 Å². The Balaban J connectivity index is 2.10. The van der Waals surface area contributed by atoms with Gasteiger partial charge in [0.15, 0.2) is 0 Å². The van der Waals surface area contributed by atoms with Crippen LogP contribution in [0.5, 0.6) is 0 Å². The van der Waals surface area contributed by atoms with E-state index in [9.17, 15) is 13.2 Å². The number of hydrogen-bond donors (Lipinski definition) is 1. The molecule has 0 atom stereocenters. The van der Waals surface area contributed by atoms with Gasteiger partial charge in [0.05, 0.1) is 12.0 Å². The fourth-order valence-electron chi connectivity index (χ4n) is 1.70. The fraction of sp³-hybridized carbons (Fsp3) is 0.214. The molecule has 0 fully saturated rings. The summed E-state index contributed by atoms with van der Waals surface area (Å²) in [6.07, 6.45) is 0. The molecule has 0 aliphatic rings. The van der Waals surface area contributed by atoms with Crippen molar-refractivity contribution >= 4 is 27.3 Å². The summed E-state index contributed by atoms with van der Waals surface area (Å²) in [5, 5.41) is 2.95. The average molecular weight is 340 g/mol. The zero-order chi connectivity index (χ0) is 16.2. The summed E-state index contributed by atoms with van der Waals surface area (Å²) in [4.78, 5) is 17.7. The lowest BCUT2D eigenvalue weighted by atomic mass is 10.2. The monoisotopic (exact) mass is 340 g/mol. The Morgan fingerprint density at radius 3 is 2.50 bits per heavy atom. The van der Waals surface area contributed by atoms with Gasteiger partial charge in [-0.1, -0.05) is 6.07 Å². The number of hydroxylamine groups is 2. The summed E-state index contributed by atoms with van der Waals surface area (Å²) in [7, 11) is -0.742. The zero-order valence-electron chi connectivity index (χ0n) is 12.1. The van der Waals surface area contributed by atoms with Crippen molar-refractivity contribution in [2.75, 3.05) is 14.2 Å². The highest BCUT2D eigenvalue weighted by Crippen LogP contribution is 2.14. The molecular formula is C14H16N2O4S2. The van der Waals surface area contributed by atoms with Gasteiger partial charge in [-0.25, -0.2) is 18.2 Å². The lowest BCUT2D eigenvalue weighted by molar-refractivity contribution is -0.0757. The van der Waals surface area contributed by atoms with Gasteiger partial charge < -0.3 is 0 Å². The standard InChI is InChI=1S/C14H16N2O4S2/c1-16(20-2)14(17)11-5-7-13(8-6-11)22(18,19)15-10-12-4-3-9-21-12/h3-9,15H,10H2,1-2H3. The number of hydrogen-bond acceptors (Lipinski definition) is 5. The highest BCUT2D eigenvalue weighted by molar-refractivity contribution is 7.89. The topological polar surface area (TPSA) is 75.7 Å². The molecule has 0 spiro atoms. The molecule has 0 saturated carbocycles. The number of thiophene rings is 1. The van der Waals surface area contributed by atoms with E-state index < -0.39 is 10.0 Å². The Hall–Kier alpha value is -1.74. The van der Waals surface area contributed by atoms with Gasteiger partial charge in [0.1, 0.15) is 0 Å². The minimum absolute atomic E-state index is 0.112.